The van der Waals surface area contributed by atoms with Crippen molar-refractivity contribution in [3.63, 3.8) is 0 Å². The Kier molecular flexibility index (Phi) is 2.85. The molecule has 19 heavy (non-hydrogen) atoms. The van der Waals surface area contributed by atoms with Gasteiger partial charge in [0.05, 0.1) is 24.0 Å². The number of rotatable bonds is 3. The molecule has 0 amide bonds. The van der Waals surface area contributed by atoms with E-state index in [1.54, 1.807) is 0 Å². The van der Waals surface area contributed by atoms with Crippen LogP contribution in [-0.2, 0) is 6.54 Å². The van der Waals surface area contributed by atoms with Crippen LogP contribution >= 0.6 is 0 Å². The average molecular weight is 254 g/mol. The number of nitrogens with zero attached hydrogens (tertiary/aromatic N) is 4. The Labute approximate surface area is 112 Å². The van der Waals surface area contributed by atoms with E-state index in [1.807, 2.05) is 23.0 Å². The predicted molar refractivity (Wildman–Crippen MR) is 76.2 cm³/mol. The maximum atomic E-state index is 4.65. The zero-order valence-corrected chi connectivity index (χ0v) is 11.5. The number of hydrogen-bond acceptors (Lipinski definition) is 2. The first kappa shape index (κ1) is 12.0. The van der Waals surface area contributed by atoms with Gasteiger partial charge in [0.25, 0.3) is 0 Å². The van der Waals surface area contributed by atoms with Crippen LogP contribution in [0.15, 0.2) is 36.5 Å². The summed E-state index contributed by atoms with van der Waals surface area (Å²) >= 11 is 0. The van der Waals surface area contributed by atoms with Gasteiger partial charge in [0, 0.05) is 17.1 Å². The number of fused-ring (bicyclic) bond motifs is 1. The van der Waals surface area contributed by atoms with E-state index >= 15 is 0 Å². The minimum absolute atomic E-state index is 0.392. The van der Waals surface area contributed by atoms with Crippen LogP contribution in [0.2, 0.25) is 0 Å². The minimum atomic E-state index is 0.392. The molecule has 0 unspecified atom stereocenters. The lowest BCUT2D eigenvalue weighted by atomic mass is 10.2. The highest BCUT2D eigenvalue weighted by Crippen LogP contribution is 2.15. The molecule has 3 rings (SSSR count). The molecule has 0 aliphatic heterocycles. The Hall–Kier alpha value is -2.10. The van der Waals surface area contributed by atoms with Gasteiger partial charge in [-0.05, 0) is 32.9 Å². The van der Waals surface area contributed by atoms with Crippen LogP contribution in [0, 0.1) is 6.92 Å². The first-order valence-electron chi connectivity index (χ1n) is 6.61. The van der Waals surface area contributed by atoms with Gasteiger partial charge >= 0.3 is 0 Å². The van der Waals surface area contributed by atoms with Crippen LogP contribution in [0.25, 0.3) is 10.9 Å². The third-order valence-corrected chi connectivity index (χ3v) is 3.32. The summed E-state index contributed by atoms with van der Waals surface area (Å²) in [6, 6.07) is 10.8. The molecule has 1 aromatic carbocycles. The fourth-order valence-electron chi connectivity index (χ4n) is 2.46. The molecule has 0 saturated heterocycles. The van der Waals surface area contributed by atoms with Gasteiger partial charge in [0.2, 0.25) is 0 Å². The third-order valence-electron chi connectivity index (χ3n) is 3.32. The summed E-state index contributed by atoms with van der Waals surface area (Å²) in [6.45, 7) is 7.10. The summed E-state index contributed by atoms with van der Waals surface area (Å²) in [5, 5.41) is 10.3. The molecule has 0 aliphatic carbocycles. The van der Waals surface area contributed by atoms with Gasteiger partial charge in [-0.3, -0.25) is 9.36 Å². The normalized spacial score (nSPS) is 11.6. The van der Waals surface area contributed by atoms with E-state index in [0.717, 1.165) is 11.2 Å². The highest BCUT2D eigenvalue weighted by molar-refractivity contribution is 5.78. The van der Waals surface area contributed by atoms with Crippen molar-refractivity contribution in [2.75, 3.05) is 0 Å². The van der Waals surface area contributed by atoms with Crippen molar-refractivity contribution in [1.82, 2.24) is 19.6 Å². The van der Waals surface area contributed by atoms with E-state index in [4.69, 9.17) is 0 Å². The molecule has 0 saturated carbocycles. The second-order valence-electron chi connectivity index (χ2n) is 5.18. The van der Waals surface area contributed by atoms with E-state index in [-0.39, 0.29) is 0 Å². The minimum Gasteiger partial charge on any atom is -0.267 e. The van der Waals surface area contributed by atoms with Crippen molar-refractivity contribution in [3.8, 4) is 0 Å². The Morgan fingerprint density at radius 3 is 2.74 bits per heavy atom. The van der Waals surface area contributed by atoms with Crippen molar-refractivity contribution in [2.24, 2.45) is 0 Å². The van der Waals surface area contributed by atoms with E-state index < -0.39 is 0 Å². The molecule has 0 spiro atoms. The molecule has 4 nitrogen and oxygen atoms in total. The summed E-state index contributed by atoms with van der Waals surface area (Å²) < 4.78 is 4.06. The van der Waals surface area contributed by atoms with Crippen LogP contribution in [0.4, 0.5) is 0 Å². The lowest BCUT2D eigenvalue weighted by molar-refractivity contribution is 0.510. The molecule has 4 heteroatoms. The summed E-state index contributed by atoms with van der Waals surface area (Å²) in [5.74, 6) is 0. The number of hydrogen-bond donors (Lipinski definition) is 0. The smallest absolute Gasteiger partial charge is 0.0857 e. The Balaban J connectivity index is 1.95. The van der Waals surface area contributed by atoms with Gasteiger partial charge in [-0.15, -0.1) is 0 Å². The van der Waals surface area contributed by atoms with Crippen LogP contribution in [0.5, 0.6) is 0 Å². The Morgan fingerprint density at radius 1 is 1.21 bits per heavy atom. The number of aromatic nitrogens is 4. The van der Waals surface area contributed by atoms with E-state index in [1.165, 1.54) is 11.1 Å². The van der Waals surface area contributed by atoms with Crippen molar-refractivity contribution in [2.45, 2.75) is 33.4 Å². The van der Waals surface area contributed by atoms with Crippen molar-refractivity contribution >= 4 is 10.9 Å². The maximum absolute atomic E-state index is 4.65. The lowest BCUT2D eigenvalue weighted by Gasteiger charge is -2.07. The Bertz CT molecular complexity index is 706. The molecular weight excluding hydrogens is 236 g/mol. The average Bonchev–Trinajstić information content (AvgIpc) is 2.95. The topological polar surface area (TPSA) is 35.6 Å². The van der Waals surface area contributed by atoms with E-state index in [2.05, 4.69) is 53.8 Å². The van der Waals surface area contributed by atoms with Crippen molar-refractivity contribution in [3.05, 3.63) is 47.9 Å². The molecule has 98 valence electrons. The zero-order chi connectivity index (χ0) is 13.4. The summed E-state index contributed by atoms with van der Waals surface area (Å²) in [7, 11) is 0. The monoisotopic (exact) mass is 254 g/mol. The third kappa shape index (κ3) is 2.14. The second-order valence-corrected chi connectivity index (χ2v) is 5.18. The second kappa shape index (κ2) is 4.53. The molecular formula is C15H18N4. The zero-order valence-electron chi connectivity index (χ0n) is 11.5. The molecule has 3 aromatic rings. The van der Waals surface area contributed by atoms with Gasteiger partial charge < -0.3 is 0 Å². The van der Waals surface area contributed by atoms with Gasteiger partial charge in [0.15, 0.2) is 0 Å². The van der Waals surface area contributed by atoms with E-state index in [0.29, 0.717) is 12.6 Å². The van der Waals surface area contributed by atoms with Gasteiger partial charge in [-0.1, -0.05) is 18.2 Å². The van der Waals surface area contributed by atoms with Crippen molar-refractivity contribution < 1.29 is 0 Å². The first-order chi connectivity index (χ1) is 9.15. The Morgan fingerprint density at radius 2 is 2.00 bits per heavy atom. The summed E-state index contributed by atoms with van der Waals surface area (Å²) in [4.78, 5) is 0. The van der Waals surface area contributed by atoms with Gasteiger partial charge in [-0.2, -0.15) is 10.2 Å². The molecule has 0 fully saturated rings. The number of aryl methyl sites for hydroxylation is 1. The van der Waals surface area contributed by atoms with Gasteiger partial charge in [-0.25, -0.2) is 0 Å². The maximum Gasteiger partial charge on any atom is 0.0857 e. The SMILES string of the molecule is Cc1cc(Cn2ncc3ccccc32)nn1C(C)C. The summed E-state index contributed by atoms with van der Waals surface area (Å²) in [6.07, 6.45) is 1.90. The standard InChI is InChI=1S/C15H18N4/c1-11(2)19-12(3)8-14(17-19)10-18-15-7-5-4-6-13(15)9-16-18/h4-9,11H,10H2,1-3H3. The quantitative estimate of drug-likeness (QED) is 0.719. The highest BCUT2D eigenvalue weighted by Gasteiger charge is 2.09. The molecule has 0 atom stereocenters. The van der Waals surface area contributed by atoms with Crippen LogP contribution < -0.4 is 0 Å². The van der Waals surface area contributed by atoms with Crippen LogP contribution in [0.1, 0.15) is 31.3 Å². The molecule has 2 aromatic heterocycles. The fraction of sp³-hybridized carbons (Fsp3) is 0.333. The number of para-hydroxylation sites is 1. The molecule has 2 heterocycles. The highest BCUT2D eigenvalue weighted by atomic mass is 15.3. The summed E-state index contributed by atoms with van der Waals surface area (Å²) in [5.41, 5.74) is 3.40. The first-order valence-corrected chi connectivity index (χ1v) is 6.61. The predicted octanol–water partition coefficient (Wildman–Crippen LogP) is 3.17. The van der Waals surface area contributed by atoms with E-state index in [9.17, 15) is 0 Å². The van der Waals surface area contributed by atoms with Crippen LogP contribution in [-0.4, -0.2) is 19.6 Å². The lowest BCUT2D eigenvalue weighted by Crippen LogP contribution is -2.07. The fourth-order valence-corrected chi connectivity index (χ4v) is 2.46. The molecule has 0 bridgehead atoms. The van der Waals surface area contributed by atoms with Crippen molar-refractivity contribution in [1.29, 1.82) is 0 Å². The molecule has 0 N–H and O–H groups in total. The molecule has 0 aliphatic rings. The largest absolute Gasteiger partial charge is 0.267 e. The molecule has 0 radical (unpaired) electrons. The van der Waals surface area contributed by atoms with Gasteiger partial charge in [0.1, 0.15) is 0 Å². The van der Waals surface area contributed by atoms with Crippen LogP contribution in [0.3, 0.4) is 0 Å². The number of benzene rings is 1.